The molecule has 0 radical (unpaired) electrons. The van der Waals surface area contributed by atoms with Gasteiger partial charge < -0.3 is 4.90 Å². The number of aromatic nitrogens is 2. The number of hydrogen-bond acceptors (Lipinski definition) is 4. The van der Waals surface area contributed by atoms with E-state index in [2.05, 4.69) is 5.10 Å². The van der Waals surface area contributed by atoms with Gasteiger partial charge in [0.15, 0.2) is 9.84 Å². The van der Waals surface area contributed by atoms with E-state index in [0.29, 0.717) is 11.6 Å². The minimum absolute atomic E-state index is 0.0791. The number of halogens is 1. The lowest BCUT2D eigenvalue weighted by molar-refractivity contribution is -0.128. The highest BCUT2D eigenvalue weighted by Gasteiger charge is 2.41. The topological polar surface area (TPSA) is 72.3 Å². The summed E-state index contributed by atoms with van der Waals surface area (Å²) >= 11 is 6.16. The van der Waals surface area contributed by atoms with Crippen molar-refractivity contribution in [3.05, 3.63) is 22.5 Å². The van der Waals surface area contributed by atoms with E-state index >= 15 is 0 Å². The molecule has 1 aliphatic heterocycles. The normalized spacial score (nSPS) is 23.5. The molecule has 1 saturated heterocycles. The lowest BCUT2D eigenvalue weighted by atomic mass is 10.2. The first-order valence-electron chi connectivity index (χ1n) is 7.68. The zero-order valence-corrected chi connectivity index (χ0v) is 14.8. The van der Waals surface area contributed by atoms with E-state index in [1.807, 2.05) is 6.92 Å². The molecule has 0 bridgehead atoms. The Balaban J connectivity index is 1.78. The second kappa shape index (κ2) is 5.94. The molecule has 6 nitrogen and oxygen atoms in total. The Labute approximate surface area is 141 Å². The van der Waals surface area contributed by atoms with E-state index < -0.39 is 9.84 Å². The highest BCUT2D eigenvalue weighted by Crippen LogP contribution is 2.32. The standard InChI is InChI=1S/C15H20ClN3O3S/c1-10-13(15(16)18(2)17-10)5-6-14(20)19(11-3-4-11)12-7-8-23(21,22)9-12/h5-6,11-12H,3-4,7-9H2,1-2H3/b6-5+. The van der Waals surface area contributed by atoms with Gasteiger partial charge in [-0.05, 0) is 32.3 Å². The third-order valence-electron chi connectivity index (χ3n) is 4.39. The lowest BCUT2D eigenvalue weighted by Gasteiger charge is -2.27. The van der Waals surface area contributed by atoms with Crippen LogP contribution in [0.4, 0.5) is 0 Å². The molecule has 0 N–H and O–H groups in total. The molecule has 2 fully saturated rings. The van der Waals surface area contributed by atoms with Crippen LogP contribution < -0.4 is 0 Å². The second-order valence-electron chi connectivity index (χ2n) is 6.28. The number of amides is 1. The first-order valence-corrected chi connectivity index (χ1v) is 9.88. The molecule has 3 rings (SSSR count). The summed E-state index contributed by atoms with van der Waals surface area (Å²) < 4.78 is 25.0. The summed E-state index contributed by atoms with van der Waals surface area (Å²) in [5.74, 6) is 0.107. The Morgan fingerprint density at radius 1 is 1.35 bits per heavy atom. The molecule has 1 unspecified atom stereocenters. The molecular formula is C15H20ClN3O3S. The fourth-order valence-electron chi connectivity index (χ4n) is 3.08. The van der Waals surface area contributed by atoms with Gasteiger partial charge in [0.1, 0.15) is 5.15 Å². The Kier molecular flexibility index (Phi) is 4.27. The van der Waals surface area contributed by atoms with Gasteiger partial charge in [0.05, 0.1) is 17.2 Å². The number of sulfone groups is 1. The highest BCUT2D eigenvalue weighted by atomic mass is 35.5. The number of carbonyl (C=O) groups excluding carboxylic acids is 1. The zero-order chi connectivity index (χ0) is 16.8. The third-order valence-corrected chi connectivity index (χ3v) is 6.58. The van der Waals surface area contributed by atoms with Crippen LogP contribution in [-0.2, 0) is 21.7 Å². The quantitative estimate of drug-likeness (QED) is 0.767. The fraction of sp³-hybridized carbons (Fsp3) is 0.600. The fourth-order valence-corrected chi connectivity index (χ4v) is 5.03. The van der Waals surface area contributed by atoms with Crippen molar-refractivity contribution in [2.45, 2.75) is 38.3 Å². The van der Waals surface area contributed by atoms with E-state index in [4.69, 9.17) is 11.6 Å². The monoisotopic (exact) mass is 357 g/mol. The Bertz CT molecular complexity index is 765. The molecular weight excluding hydrogens is 338 g/mol. The van der Waals surface area contributed by atoms with Gasteiger partial charge >= 0.3 is 0 Å². The summed E-state index contributed by atoms with van der Waals surface area (Å²) in [4.78, 5) is 14.4. The van der Waals surface area contributed by atoms with E-state index in [1.54, 1.807) is 22.7 Å². The van der Waals surface area contributed by atoms with E-state index in [-0.39, 0.29) is 29.5 Å². The molecule has 1 atom stereocenters. The number of hydrogen-bond donors (Lipinski definition) is 0. The Hall–Kier alpha value is -1.34. The molecule has 1 aliphatic carbocycles. The summed E-state index contributed by atoms with van der Waals surface area (Å²) in [5.41, 5.74) is 1.47. The van der Waals surface area contributed by atoms with E-state index in [9.17, 15) is 13.2 Å². The summed E-state index contributed by atoms with van der Waals surface area (Å²) in [6.07, 6.45) is 5.59. The van der Waals surface area contributed by atoms with Crippen molar-refractivity contribution < 1.29 is 13.2 Å². The molecule has 2 aliphatic rings. The van der Waals surface area contributed by atoms with Gasteiger partial charge in [-0.25, -0.2) is 8.42 Å². The molecule has 0 aromatic carbocycles. The predicted octanol–water partition coefficient (Wildman–Crippen LogP) is 1.57. The number of carbonyl (C=O) groups is 1. The molecule has 1 aromatic rings. The Morgan fingerprint density at radius 3 is 2.52 bits per heavy atom. The molecule has 2 heterocycles. The molecule has 0 spiro atoms. The van der Waals surface area contributed by atoms with Crippen molar-refractivity contribution in [3.8, 4) is 0 Å². The molecule has 1 amide bonds. The van der Waals surface area contributed by atoms with Crippen LogP contribution in [0.25, 0.3) is 6.08 Å². The van der Waals surface area contributed by atoms with Gasteiger partial charge in [0, 0.05) is 30.8 Å². The molecule has 23 heavy (non-hydrogen) atoms. The summed E-state index contributed by atoms with van der Waals surface area (Å²) in [6.45, 7) is 1.83. The SMILES string of the molecule is Cc1nn(C)c(Cl)c1/C=C/C(=O)N(C1CC1)C1CCS(=O)(=O)C1. The van der Waals surface area contributed by atoms with Crippen LogP contribution in [-0.4, -0.2) is 52.6 Å². The maximum Gasteiger partial charge on any atom is 0.247 e. The molecule has 8 heteroatoms. The van der Waals surface area contributed by atoms with Crippen LogP contribution >= 0.6 is 11.6 Å². The van der Waals surface area contributed by atoms with E-state index in [1.165, 1.54) is 6.08 Å². The van der Waals surface area contributed by atoms with Crippen LogP contribution in [0, 0.1) is 6.92 Å². The number of rotatable bonds is 4. The van der Waals surface area contributed by atoms with Gasteiger partial charge in [-0.3, -0.25) is 9.48 Å². The van der Waals surface area contributed by atoms with Gasteiger partial charge in [-0.1, -0.05) is 11.6 Å². The number of nitrogens with zero attached hydrogens (tertiary/aromatic N) is 3. The zero-order valence-electron chi connectivity index (χ0n) is 13.2. The van der Waals surface area contributed by atoms with Crippen LogP contribution in [0.15, 0.2) is 6.08 Å². The lowest BCUT2D eigenvalue weighted by Crippen LogP contribution is -2.41. The van der Waals surface area contributed by atoms with Crippen LogP contribution in [0.1, 0.15) is 30.5 Å². The molecule has 126 valence electrons. The summed E-state index contributed by atoms with van der Waals surface area (Å²) in [6, 6.07) is -0.0222. The summed E-state index contributed by atoms with van der Waals surface area (Å²) in [5, 5.41) is 4.69. The minimum atomic E-state index is -3.01. The average Bonchev–Trinajstić information content (AvgIpc) is 3.17. The van der Waals surface area contributed by atoms with Crippen molar-refractivity contribution in [3.63, 3.8) is 0 Å². The van der Waals surface area contributed by atoms with Crippen LogP contribution in [0.3, 0.4) is 0 Å². The van der Waals surface area contributed by atoms with Gasteiger partial charge in [0.2, 0.25) is 5.91 Å². The highest BCUT2D eigenvalue weighted by molar-refractivity contribution is 7.91. The van der Waals surface area contributed by atoms with E-state index in [0.717, 1.165) is 24.1 Å². The second-order valence-corrected chi connectivity index (χ2v) is 8.87. The smallest absolute Gasteiger partial charge is 0.247 e. The first-order chi connectivity index (χ1) is 10.8. The average molecular weight is 358 g/mol. The van der Waals surface area contributed by atoms with Crippen LogP contribution in [0.5, 0.6) is 0 Å². The molecule has 1 saturated carbocycles. The summed E-state index contributed by atoms with van der Waals surface area (Å²) in [7, 11) is -1.26. The van der Waals surface area contributed by atoms with Crippen molar-refractivity contribution in [2.75, 3.05) is 11.5 Å². The predicted molar refractivity (Wildman–Crippen MR) is 88.9 cm³/mol. The van der Waals surface area contributed by atoms with Gasteiger partial charge in [-0.2, -0.15) is 5.10 Å². The minimum Gasteiger partial charge on any atom is -0.332 e. The largest absolute Gasteiger partial charge is 0.332 e. The first kappa shape index (κ1) is 16.5. The maximum absolute atomic E-state index is 12.6. The Morgan fingerprint density at radius 2 is 2.04 bits per heavy atom. The molecule has 1 aromatic heterocycles. The van der Waals surface area contributed by atoms with Crippen LogP contribution in [0.2, 0.25) is 5.15 Å². The van der Waals surface area contributed by atoms with Crippen molar-refractivity contribution in [1.29, 1.82) is 0 Å². The van der Waals surface area contributed by atoms with Crippen molar-refractivity contribution in [1.82, 2.24) is 14.7 Å². The third kappa shape index (κ3) is 3.45. The number of aryl methyl sites for hydroxylation is 2. The van der Waals surface area contributed by atoms with Gasteiger partial charge in [-0.15, -0.1) is 0 Å². The van der Waals surface area contributed by atoms with Gasteiger partial charge in [0.25, 0.3) is 0 Å². The van der Waals surface area contributed by atoms with Crippen molar-refractivity contribution >= 4 is 33.4 Å². The maximum atomic E-state index is 12.6. The van der Waals surface area contributed by atoms with Crippen molar-refractivity contribution in [2.24, 2.45) is 7.05 Å².